The standard InChI is InChI=1S/C15H19NO5/c1-15(2,3)16(9-13(17)18)14(19)10-4-5-11-12(8-10)21-7-6-20-11/h4-5,8H,6-7,9H2,1-3H3,(H,17,18). The molecule has 0 atom stereocenters. The number of fused-ring (bicyclic) bond motifs is 1. The Kier molecular flexibility index (Phi) is 4.06. The van der Waals surface area contributed by atoms with Gasteiger partial charge in [-0.2, -0.15) is 0 Å². The molecular formula is C15H19NO5. The number of amides is 1. The van der Waals surface area contributed by atoms with Crippen molar-refractivity contribution in [3.63, 3.8) is 0 Å². The normalized spacial score (nSPS) is 13.7. The van der Waals surface area contributed by atoms with Crippen molar-refractivity contribution in [2.45, 2.75) is 26.3 Å². The molecule has 6 heteroatoms. The Morgan fingerprint density at radius 2 is 1.81 bits per heavy atom. The van der Waals surface area contributed by atoms with Gasteiger partial charge in [-0.1, -0.05) is 0 Å². The molecule has 0 radical (unpaired) electrons. The van der Waals surface area contributed by atoms with Crippen molar-refractivity contribution < 1.29 is 24.2 Å². The summed E-state index contributed by atoms with van der Waals surface area (Å²) in [7, 11) is 0. The van der Waals surface area contributed by atoms with Crippen molar-refractivity contribution in [3.8, 4) is 11.5 Å². The third kappa shape index (κ3) is 3.45. The fourth-order valence-electron chi connectivity index (χ4n) is 2.08. The van der Waals surface area contributed by atoms with Crippen LogP contribution in [0.5, 0.6) is 11.5 Å². The van der Waals surface area contributed by atoms with Crippen molar-refractivity contribution >= 4 is 11.9 Å². The molecule has 1 aliphatic rings. The topological polar surface area (TPSA) is 76.1 Å². The quantitative estimate of drug-likeness (QED) is 0.919. The number of nitrogens with zero attached hydrogens (tertiary/aromatic N) is 1. The summed E-state index contributed by atoms with van der Waals surface area (Å²) < 4.78 is 10.9. The van der Waals surface area contributed by atoms with E-state index in [4.69, 9.17) is 14.6 Å². The summed E-state index contributed by atoms with van der Waals surface area (Å²) >= 11 is 0. The third-order valence-electron chi connectivity index (χ3n) is 3.14. The maximum absolute atomic E-state index is 12.6. The Labute approximate surface area is 123 Å². The molecule has 0 fully saturated rings. The number of carbonyl (C=O) groups excluding carboxylic acids is 1. The maximum atomic E-state index is 12.6. The predicted molar refractivity (Wildman–Crippen MR) is 75.9 cm³/mol. The van der Waals surface area contributed by atoms with Gasteiger partial charge in [0.25, 0.3) is 5.91 Å². The van der Waals surface area contributed by atoms with Gasteiger partial charge in [0.15, 0.2) is 11.5 Å². The Morgan fingerprint density at radius 1 is 1.19 bits per heavy atom. The minimum Gasteiger partial charge on any atom is -0.486 e. The molecule has 0 saturated carbocycles. The van der Waals surface area contributed by atoms with Gasteiger partial charge in [-0.15, -0.1) is 0 Å². The molecule has 0 spiro atoms. The van der Waals surface area contributed by atoms with Gasteiger partial charge in [-0.25, -0.2) is 0 Å². The summed E-state index contributed by atoms with van der Waals surface area (Å²) in [6, 6.07) is 4.89. The van der Waals surface area contributed by atoms with Crippen molar-refractivity contribution in [2.24, 2.45) is 0 Å². The second-order valence-electron chi connectivity index (χ2n) is 5.81. The zero-order valence-electron chi connectivity index (χ0n) is 12.4. The molecule has 1 aromatic rings. The van der Waals surface area contributed by atoms with Crippen LogP contribution < -0.4 is 9.47 Å². The SMILES string of the molecule is CC(C)(C)N(CC(=O)O)C(=O)c1ccc2c(c1)OCCO2. The first-order valence-electron chi connectivity index (χ1n) is 6.72. The first-order chi connectivity index (χ1) is 9.79. The van der Waals surface area contributed by atoms with Gasteiger partial charge < -0.3 is 19.5 Å². The number of benzene rings is 1. The molecular weight excluding hydrogens is 274 g/mol. The average molecular weight is 293 g/mol. The number of carbonyl (C=O) groups is 2. The van der Waals surface area contributed by atoms with Crippen LogP contribution in [0.25, 0.3) is 0 Å². The van der Waals surface area contributed by atoms with Crippen LogP contribution in [0.1, 0.15) is 31.1 Å². The predicted octanol–water partition coefficient (Wildman–Crippen LogP) is 1.78. The Bertz CT molecular complexity index is 562. The van der Waals surface area contributed by atoms with Crippen LogP contribution in [0.4, 0.5) is 0 Å². The van der Waals surface area contributed by atoms with E-state index in [-0.39, 0.29) is 12.5 Å². The molecule has 0 aliphatic carbocycles. The molecule has 0 saturated heterocycles. The molecule has 1 aliphatic heterocycles. The Balaban J connectivity index is 2.30. The Morgan fingerprint density at radius 3 is 2.38 bits per heavy atom. The highest BCUT2D eigenvalue weighted by Gasteiger charge is 2.30. The molecule has 6 nitrogen and oxygen atoms in total. The fourth-order valence-corrected chi connectivity index (χ4v) is 2.08. The van der Waals surface area contributed by atoms with Gasteiger partial charge in [0.1, 0.15) is 19.8 Å². The van der Waals surface area contributed by atoms with Crippen LogP contribution in [0.3, 0.4) is 0 Å². The number of carboxylic acids is 1. The number of rotatable bonds is 3. The number of carboxylic acid groups (broad SMARTS) is 1. The van der Waals surface area contributed by atoms with Crippen LogP contribution in [0.2, 0.25) is 0 Å². The van der Waals surface area contributed by atoms with Crippen LogP contribution in [0.15, 0.2) is 18.2 Å². The molecule has 1 amide bonds. The highest BCUT2D eigenvalue weighted by Crippen LogP contribution is 2.31. The molecule has 0 aromatic heterocycles. The van der Waals surface area contributed by atoms with Crippen molar-refractivity contribution in [1.29, 1.82) is 0 Å². The first kappa shape index (κ1) is 15.2. The van der Waals surface area contributed by atoms with E-state index in [2.05, 4.69) is 0 Å². The second kappa shape index (κ2) is 5.63. The molecule has 1 aromatic carbocycles. The molecule has 1 N–H and O–H groups in total. The molecule has 114 valence electrons. The lowest BCUT2D eigenvalue weighted by Gasteiger charge is -2.34. The summed E-state index contributed by atoms with van der Waals surface area (Å²) in [5, 5.41) is 9.00. The van der Waals surface area contributed by atoms with Crippen LogP contribution in [0, 0.1) is 0 Å². The van der Waals surface area contributed by atoms with Crippen LogP contribution in [-0.4, -0.2) is 47.2 Å². The van der Waals surface area contributed by atoms with E-state index >= 15 is 0 Å². The minimum absolute atomic E-state index is 0.345. The van der Waals surface area contributed by atoms with Gasteiger partial charge in [0.2, 0.25) is 0 Å². The van der Waals surface area contributed by atoms with Crippen molar-refractivity contribution in [1.82, 2.24) is 4.90 Å². The molecule has 2 rings (SSSR count). The summed E-state index contributed by atoms with van der Waals surface area (Å²) in [6.45, 7) is 5.95. The minimum atomic E-state index is -1.05. The molecule has 1 heterocycles. The van der Waals surface area contributed by atoms with E-state index in [0.717, 1.165) is 0 Å². The summed E-state index contributed by atoms with van der Waals surface area (Å²) in [5.74, 6) is -0.285. The molecule has 0 bridgehead atoms. The lowest BCUT2D eigenvalue weighted by Crippen LogP contribution is -2.48. The van der Waals surface area contributed by atoms with E-state index in [1.165, 1.54) is 4.90 Å². The first-order valence-corrected chi connectivity index (χ1v) is 6.72. The largest absolute Gasteiger partial charge is 0.486 e. The monoisotopic (exact) mass is 293 g/mol. The van der Waals surface area contributed by atoms with Gasteiger partial charge in [0, 0.05) is 11.1 Å². The van der Waals surface area contributed by atoms with E-state index in [1.807, 2.05) is 0 Å². The van der Waals surface area contributed by atoms with E-state index in [1.54, 1.807) is 39.0 Å². The van der Waals surface area contributed by atoms with Crippen LogP contribution in [-0.2, 0) is 4.79 Å². The summed E-state index contributed by atoms with van der Waals surface area (Å²) in [6.07, 6.45) is 0. The lowest BCUT2D eigenvalue weighted by molar-refractivity contribution is -0.138. The maximum Gasteiger partial charge on any atom is 0.323 e. The van der Waals surface area contributed by atoms with Crippen molar-refractivity contribution in [2.75, 3.05) is 19.8 Å². The van der Waals surface area contributed by atoms with Gasteiger partial charge >= 0.3 is 5.97 Å². The number of hydrogen-bond donors (Lipinski definition) is 1. The Hall–Kier alpha value is -2.24. The third-order valence-corrected chi connectivity index (χ3v) is 3.14. The summed E-state index contributed by atoms with van der Waals surface area (Å²) in [5.41, 5.74) is -0.210. The molecule has 0 unspecified atom stereocenters. The van der Waals surface area contributed by atoms with Gasteiger partial charge in [0.05, 0.1) is 0 Å². The fraction of sp³-hybridized carbons (Fsp3) is 0.467. The zero-order valence-corrected chi connectivity index (χ0v) is 12.4. The van der Waals surface area contributed by atoms with Gasteiger partial charge in [-0.05, 0) is 39.0 Å². The zero-order chi connectivity index (χ0) is 15.6. The highest BCUT2D eigenvalue weighted by atomic mass is 16.6. The van der Waals surface area contributed by atoms with Crippen LogP contribution >= 0.6 is 0 Å². The second-order valence-corrected chi connectivity index (χ2v) is 5.81. The van der Waals surface area contributed by atoms with E-state index in [0.29, 0.717) is 30.3 Å². The highest BCUT2D eigenvalue weighted by molar-refractivity contribution is 5.97. The smallest absolute Gasteiger partial charge is 0.323 e. The van der Waals surface area contributed by atoms with Gasteiger partial charge in [-0.3, -0.25) is 9.59 Å². The van der Waals surface area contributed by atoms with E-state index in [9.17, 15) is 9.59 Å². The lowest BCUT2D eigenvalue weighted by atomic mass is 10.0. The number of ether oxygens (including phenoxy) is 2. The average Bonchev–Trinajstić information content (AvgIpc) is 2.42. The number of hydrogen-bond acceptors (Lipinski definition) is 4. The summed E-state index contributed by atoms with van der Waals surface area (Å²) in [4.78, 5) is 24.9. The number of aliphatic carboxylic acids is 1. The van der Waals surface area contributed by atoms with E-state index < -0.39 is 11.5 Å². The van der Waals surface area contributed by atoms with Crippen molar-refractivity contribution in [3.05, 3.63) is 23.8 Å². The molecule has 21 heavy (non-hydrogen) atoms.